The number of ether oxygens (including phenoxy) is 1. The number of hydrogen-bond acceptors (Lipinski definition) is 2. The predicted octanol–water partition coefficient (Wildman–Crippen LogP) is 2.86. The first-order valence-corrected chi connectivity index (χ1v) is 7.90. The van der Waals surface area contributed by atoms with Crippen LogP contribution < -0.4 is 10.6 Å². The van der Waals surface area contributed by atoms with Crippen LogP contribution in [-0.2, 0) is 11.2 Å². The standard InChI is InChI=1S/C16H26ClN3O/c1-3-21-12-5-4-10-19-16(18-2)20-11-9-14-7-6-8-15(17)13-14/h6-8,13H,3-5,9-12H2,1-2H3,(H2,18,19,20). The number of hydrogen-bond donors (Lipinski definition) is 2. The zero-order valence-corrected chi connectivity index (χ0v) is 13.7. The first-order chi connectivity index (χ1) is 10.3. The zero-order valence-electron chi connectivity index (χ0n) is 13.0. The predicted molar refractivity (Wildman–Crippen MR) is 90.2 cm³/mol. The van der Waals surface area contributed by atoms with Crippen LogP contribution in [0.4, 0.5) is 0 Å². The number of aliphatic imine (C=N–C) groups is 1. The number of rotatable bonds is 9. The van der Waals surface area contributed by atoms with Crippen molar-refractivity contribution >= 4 is 17.6 Å². The van der Waals surface area contributed by atoms with E-state index in [2.05, 4.69) is 21.7 Å². The van der Waals surface area contributed by atoms with Gasteiger partial charge in [-0.05, 0) is 43.9 Å². The van der Waals surface area contributed by atoms with Crippen molar-refractivity contribution in [1.82, 2.24) is 10.6 Å². The third kappa shape index (κ3) is 8.58. The van der Waals surface area contributed by atoms with E-state index in [4.69, 9.17) is 16.3 Å². The second kappa shape index (κ2) is 11.4. The lowest BCUT2D eigenvalue weighted by Crippen LogP contribution is -2.38. The number of nitrogens with zero attached hydrogens (tertiary/aromatic N) is 1. The van der Waals surface area contributed by atoms with Gasteiger partial charge < -0.3 is 15.4 Å². The molecule has 0 aliphatic carbocycles. The van der Waals surface area contributed by atoms with Crippen molar-refractivity contribution in [2.45, 2.75) is 26.2 Å². The largest absolute Gasteiger partial charge is 0.382 e. The van der Waals surface area contributed by atoms with Gasteiger partial charge in [-0.15, -0.1) is 0 Å². The molecule has 0 radical (unpaired) electrons. The molecule has 0 unspecified atom stereocenters. The zero-order chi connectivity index (χ0) is 15.3. The highest BCUT2D eigenvalue weighted by molar-refractivity contribution is 6.30. The third-order valence-electron chi connectivity index (χ3n) is 3.03. The van der Waals surface area contributed by atoms with Crippen LogP contribution in [0.3, 0.4) is 0 Å². The van der Waals surface area contributed by atoms with Crippen molar-refractivity contribution in [1.29, 1.82) is 0 Å². The Morgan fingerprint density at radius 3 is 2.76 bits per heavy atom. The maximum Gasteiger partial charge on any atom is 0.190 e. The van der Waals surface area contributed by atoms with Crippen LogP contribution in [0.5, 0.6) is 0 Å². The molecule has 1 aromatic carbocycles. The van der Waals surface area contributed by atoms with E-state index < -0.39 is 0 Å². The number of nitrogens with one attached hydrogen (secondary N) is 2. The average Bonchev–Trinajstić information content (AvgIpc) is 2.49. The van der Waals surface area contributed by atoms with Gasteiger partial charge in [0, 0.05) is 38.4 Å². The summed E-state index contributed by atoms with van der Waals surface area (Å²) < 4.78 is 5.31. The van der Waals surface area contributed by atoms with E-state index in [1.807, 2.05) is 25.1 Å². The van der Waals surface area contributed by atoms with Gasteiger partial charge in [0.15, 0.2) is 5.96 Å². The van der Waals surface area contributed by atoms with Crippen molar-refractivity contribution in [3.05, 3.63) is 34.9 Å². The molecule has 0 amide bonds. The summed E-state index contributed by atoms with van der Waals surface area (Å²) in [7, 11) is 1.79. The Morgan fingerprint density at radius 2 is 2.05 bits per heavy atom. The molecule has 0 aromatic heterocycles. The lowest BCUT2D eigenvalue weighted by atomic mass is 10.1. The van der Waals surface area contributed by atoms with Crippen LogP contribution >= 0.6 is 11.6 Å². The van der Waals surface area contributed by atoms with Crippen LogP contribution in [0, 0.1) is 0 Å². The van der Waals surface area contributed by atoms with Crippen LogP contribution in [0.15, 0.2) is 29.3 Å². The van der Waals surface area contributed by atoms with E-state index in [0.29, 0.717) is 0 Å². The molecule has 0 saturated carbocycles. The Bertz CT molecular complexity index is 424. The van der Waals surface area contributed by atoms with Crippen molar-refractivity contribution in [2.24, 2.45) is 4.99 Å². The van der Waals surface area contributed by atoms with Crippen molar-refractivity contribution in [2.75, 3.05) is 33.4 Å². The van der Waals surface area contributed by atoms with Crippen LogP contribution in [0.1, 0.15) is 25.3 Å². The molecule has 0 bridgehead atoms. The van der Waals surface area contributed by atoms with Crippen LogP contribution in [0.25, 0.3) is 0 Å². The SMILES string of the molecule is CCOCCCCNC(=NC)NCCc1cccc(Cl)c1. The van der Waals surface area contributed by atoms with Gasteiger partial charge in [-0.1, -0.05) is 23.7 Å². The second-order valence-corrected chi connectivity index (χ2v) is 5.15. The summed E-state index contributed by atoms with van der Waals surface area (Å²) in [4.78, 5) is 4.21. The summed E-state index contributed by atoms with van der Waals surface area (Å²) in [6.07, 6.45) is 3.07. The normalized spacial score (nSPS) is 11.5. The van der Waals surface area contributed by atoms with Crippen LogP contribution in [-0.4, -0.2) is 39.3 Å². The molecule has 0 saturated heterocycles. The monoisotopic (exact) mass is 311 g/mol. The average molecular weight is 312 g/mol. The Morgan fingerprint density at radius 1 is 1.24 bits per heavy atom. The lowest BCUT2D eigenvalue weighted by Gasteiger charge is -2.12. The molecular formula is C16H26ClN3O. The summed E-state index contributed by atoms with van der Waals surface area (Å²) in [6, 6.07) is 7.94. The van der Waals surface area contributed by atoms with E-state index in [-0.39, 0.29) is 0 Å². The Labute approximate surface area is 132 Å². The smallest absolute Gasteiger partial charge is 0.190 e. The Balaban J connectivity index is 2.14. The molecule has 0 fully saturated rings. The summed E-state index contributed by atoms with van der Waals surface area (Å²) in [5.41, 5.74) is 1.22. The number of guanidine groups is 1. The molecule has 0 aliphatic rings. The fourth-order valence-corrected chi connectivity index (χ4v) is 2.13. The number of benzene rings is 1. The van der Waals surface area contributed by atoms with Gasteiger partial charge >= 0.3 is 0 Å². The first kappa shape index (κ1) is 17.8. The molecule has 1 aromatic rings. The Kier molecular flexibility index (Phi) is 9.66. The summed E-state index contributed by atoms with van der Waals surface area (Å²) in [5.74, 6) is 0.841. The summed E-state index contributed by atoms with van der Waals surface area (Å²) in [5, 5.41) is 7.39. The first-order valence-electron chi connectivity index (χ1n) is 7.53. The van der Waals surface area contributed by atoms with Crippen molar-refractivity contribution < 1.29 is 4.74 Å². The highest BCUT2D eigenvalue weighted by Crippen LogP contribution is 2.10. The number of unbranched alkanes of at least 4 members (excludes halogenated alkanes) is 1. The fourth-order valence-electron chi connectivity index (χ4n) is 1.92. The van der Waals surface area contributed by atoms with Gasteiger partial charge in [-0.25, -0.2) is 0 Å². The molecule has 4 nitrogen and oxygen atoms in total. The minimum atomic E-state index is 0.782. The van der Waals surface area contributed by atoms with E-state index >= 15 is 0 Å². The Hall–Kier alpha value is -1.26. The highest BCUT2D eigenvalue weighted by Gasteiger charge is 1.98. The third-order valence-corrected chi connectivity index (χ3v) is 3.27. The van der Waals surface area contributed by atoms with Gasteiger partial charge in [0.05, 0.1) is 0 Å². The van der Waals surface area contributed by atoms with Crippen molar-refractivity contribution in [3.63, 3.8) is 0 Å². The maximum atomic E-state index is 5.97. The quantitative estimate of drug-likeness (QED) is 0.419. The maximum absolute atomic E-state index is 5.97. The molecule has 2 N–H and O–H groups in total. The topological polar surface area (TPSA) is 45.6 Å². The van der Waals surface area contributed by atoms with E-state index in [1.165, 1.54) is 5.56 Å². The van der Waals surface area contributed by atoms with E-state index in [1.54, 1.807) is 7.05 Å². The molecular weight excluding hydrogens is 286 g/mol. The minimum Gasteiger partial charge on any atom is -0.382 e. The molecule has 0 heterocycles. The summed E-state index contributed by atoms with van der Waals surface area (Å²) in [6.45, 7) is 5.38. The van der Waals surface area contributed by atoms with Gasteiger partial charge in [0.2, 0.25) is 0 Å². The highest BCUT2D eigenvalue weighted by atomic mass is 35.5. The van der Waals surface area contributed by atoms with E-state index in [9.17, 15) is 0 Å². The molecule has 118 valence electrons. The molecule has 0 aliphatic heterocycles. The van der Waals surface area contributed by atoms with Gasteiger partial charge in [-0.2, -0.15) is 0 Å². The molecule has 1 rings (SSSR count). The lowest BCUT2D eigenvalue weighted by molar-refractivity contribution is 0.143. The van der Waals surface area contributed by atoms with Crippen LogP contribution in [0.2, 0.25) is 5.02 Å². The molecule has 5 heteroatoms. The van der Waals surface area contributed by atoms with Gasteiger partial charge in [0.1, 0.15) is 0 Å². The van der Waals surface area contributed by atoms with Gasteiger partial charge in [-0.3, -0.25) is 4.99 Å². The van der Waals surface area contributed by atoms with E-state index in [0.717, 1.165) is 56.5 Å². The number of halogens is 1. The fraction of sp³-hybridized carbons (Fsp3) is 0.562. The second-order valence-electron chi connectivity index (χ2n) is 4.71. The minimum absolute atomic E-state index is 0.782. The molecule has 21 heavy (non-hydrogen) atoms. The van der Waals surface area contributed by atoms with Crippen molar-refractivity contribution in [3.8, 4) is 0 Å². The molecule has 0 atom stereocenters. The summed E-state index contributed by atoms with van der Waals surface area (Å²) >= 11 is 5.97. The molecule has 0 spiro atoms. The van der Waals surface area contributed by atoms with Gasteiger partial charge in [0.25, 0.3) is 0 Å².